The molecule has 0 saturated carbocycles. The summed E-state index contributed by atoms with van der Waals surface area (Å²) in [5, 5.41) is 8.57. The zero-order valence-electron chi connectivity index (χ0n) is 9.76. The molecule has 0 fully saturated rings. The summed E-state index contributed by atoms with van der Waals surface area (Å²) in [4.78, 5) is 0. The van der Waals surface area contributed by atoms with E-state index in [1.807, 2.05) is 37.3 Å². The van der Waals surface area contributed by atoms with Crippen molar-refractivity contribution in [3.63, 3.8) is 0 Å². The Labute approximate surface area is 97.0 Å². The normalized spacial score (nSPS) is 12.6. The maximum atomic E-state index is 8.57. The predicted octanol–water partition coefficient (Wildman–Crippen LogP) is 1.99. The Balaban J connectivity index is 2.08. The average Bonchev–Trinajstić information content (AvgIpc) is 2.33. The second-order valence-corrected chi connectivity index (χ2v) is 3.76. The monoisotopic (exact) mass is 224 g/mol. The smallest absolute Gasteiger partial charge is 0.0785 e. The van der Waals surface area contributed by atoms with E-state index >= 15 is 0 Å². The largest absolute Gasteiger partial charge is 0.396 e. The highest BCUT2D eigenvalue weighted by atomic mass is 16.5. The van der Waals surface area contributed by atoms with E-state index in [0.717, 1.165) is 0 Å². The molecule has 16 heavy (non-hydrogen) atoms. The van der Waals surface area contributed by atoms with Gasteiger partial charge in [-0.3, -0.25) is 0 Å². The van der Waals surface area contributed by atoms with Gasteiger partial charge in [-0.25, -0.2) is 0 Å². The molecule has 0 aliphatic carbocycles. The van der Waals surface area contributed by atoms with Crippen molar-refractivity contribution in [3.05, 3.63) is 35.9 Å². The van der Waals surface area contributed by atoms with Crippen molar-refractivity contribution in [2.75, 3.05) is 19.8 Å². The second kappa shape index (κ2) is 8.28. The molecular formula is C13H20O3. The van der Waals surface area contributed by atoms with E-state index in [-0.39, 0.29) is 12.7 Å². The van der Waals surface area contributed by atoms with E-state index in [9.17, 15) is 0 Å². The molecule has 0 amide bonds. The Kier molecular flexibility index (Phi) is 6.81. The lowest BCUT2D eigenvalue weighted by Crippen LogP contribution is -2.16. The molecule has 1 aromatic rings. The lowest BCUT2D eigenvalue weighted by molar-refractivity contribution is -0.0170. The van der Waals surface area contributed by atoms with Crippen LogP contribution >= 0.6 is 0 Å². The molecule has 90 valence electrons. The summed E-state index contributed by atoms with van der Waals surface area (Å²) in [5.74, 6) is 0. The van der Waals surface area contributed by atoms with Crippen LogP contribution in [0.5, 0.6) is 0 Å². The van der Waals surface area contributed by atoms with Gasteiger partial charge >= 0.3 is 0 Å². The van der Waals surface area contributed by atoms with Gasteiger partial charge < -0.3 is 14.6 Å². The van der Waals surface area contributed by atoms with E-state index in [1.54, 1.807) is 0 Å². The molecule has 0 aromatic heterocycles. The van der Waals surface area contributed by atoms with Crippen LogP contribution in [-0.4, -0.2) is 31.0 Å². The summed E-state index contributed by atoms with van der Waals surface area (Å²) in [6.07, 6.45) is 0.768. The van der Waals surface area contributed by atoms with Crippen LogP contribution in [0.15, 0.2) is 30.3 Å². The minimum Gasteiger partial charge on any atom is -0.396 e. The summed E-state index contributed by atoms with van der Waals surface area (Å²) >= 11 is 0. The van der Waals surface area contributed by atoms with Crippen LogP contribution in [0.2, 0.25) is 0 Å². The summed E-state index contributed by atoms with van der Waals surface area (Å²) in [6, 6.07) is 10.1. The SMILES string of the molecule is C[C@@H](COCCCO)OCc1ccccc1. The second-order valence-electron chi connectivity index (χ2n) is 3.76. The summed E-state index contributed by atoms with van der Waals surface area (Å²) in [5.41, 5.74) is 1.17. The highest BCUT2D eigenvalue weighted by Crippen LogP contribution is 2.03. The van der Waals surface area contributed by atoms with Gasteiger partial charge in [-0.1, -0.05) is 30.3 Å². The van der Waals surface area contributed by atoms with Gasteiger partial charge in [0.25, 0.3) is 0 Å². The van der Waals surface area contributed by atoms with Gasteiger partial charge in [0, 0.05) is 13.2 Å². The van der Waals surface area contributed by atoms with E-state index in [2.05, 4.69) is 0 Å². The molecule has 0 heterocycles. The summed E-state index contributed by atoms with van der Waals surface area (Å²) < 4.78 is 11.0. The topological polar surface area (TPSA) is 38.7 Å². The fourth-order valence-corrected chi connectivity index (χ4v) is 1.28. The molecule has 1 atom stereocenters. The molecule has 3 nitrogen and oxygen atoms in total. The third kappa shape index (κ3) is 5.85. The standard InChI is InChI=1S/C13H20O3/c1-12(10-15-9-5-8-14)16-11-13-6-3-2-4-7-13/h2-4,6-7,12,14H,5,8-11H2,1H3/t12-/m0/s1. The molecule has 3 heteroatoms. The Morgan fingerprint density at radius 1 is 1.25 bits per heavy atom. The molecule has 0 spiro atoms. The van der Waals surface area contributed by atoms with Gasteiger partial charge in [0.05, 0.1) is 19.3 Å². The van der Waals surface area contributed by atoms with Crippen LogP contribution in [-0.2, 0) is 16.1 Å². The highest BCUT2D eigenvalue weighted by molar-refractivity contribution is 5.13. The van der Waals surface area contributed by atoms with Gasteiger partial charge in [0.15, 0.2) is 0 Å². The van der Waals surface area contributed by atoms with E-state index in [1.165, 1.54) is 5.56 Å². The molecule has 0 saturated heterocycles. The number of ether oxygens (including phenoxy) is 2. The van der Waals surface area contributed by atoms with E-state index in [0.29, 0.717) is 26.2 Å². The van der Waals surface area contributed by atoms with E-state index in [4.69, 9.17) is 14.6 Å². The number of aliphatic hydroxyl groups is 1. The van der Waals surface area contributed by atoms with Crippen molar-refractivity contribution < 1.29 is 14.6 Å². The van der Waals surface area contributed by atoms with Gasteiger partial charge in [-0.05, 0) is 18.9 Å². The molecule has 0 unspecified atom stereocenters. The summed E-state index contributed by atoms with van der Waals surface area (Å²) in [7, 11) is 0. The van der Waals surface area contributed by atoms with Crippen LogP contribution < -0.4 is 0 Å². The third-order valence-corrected chi connectivity index (χ3v) is 2.18. The van der Waals surface area contributed by atoms with Crippen molar-refractivity contribution in [1.29, 1.82) is 0 Å². The van der Waals surface area contributed by atoms with Gasteiger partial charge in [0.1, 0.15) is 0 Å². The first kappa shape index (κ1) is 13.2. The van der Waals surface area contributed by atoms with Crippen LogP contribution in [0.1, 0.15) is 18.9 Å². The number of hydrogen-bond donors (Lipinski definition) is 1. The third-order valence-electron chi connectivity index (χ3n) is 2.18. The number of aliphatic hydroxyl groups excluding tert-OH is 1. The zero-order chi connectivity index (χ0) is 11.6. The van der Waals surface area contributed by atoms with Crippen LogP contribution in [0, 0.1) is 0 Å². The van der Waals surface area contributed by atoms with Crippen LogP contribution in [0.3, 0.4) is 0 Å². The zero-order valence-corrected chi connectivity index (χ0v) is 9.76. The van der Waals surface area contributed by atoms with Gasteiger partial charge in [-0.2, -0.15) is 0 Å². The van der Waals surface area contributed by atoms with Crippen LogP contribution in [0.4, 0.5) is 0 Å². The molecule has 1 N–H and O–H groups in total. The van der Waals surface area contributed by atoms with Crippen molar-refractivity contribution in [1.82, 2.24) is 0 Å². The number of hydrogen-bond acceptors (Lipinski definition) is 3. The minimum atomic E-state index is 0.0823. The summed E-state index contributed by atoms with van der Waals surface area (Å²) in [6.45, 7) is 3.95. The molecule has 0 aliphatic rings. The highest BCUT2D eigenvalue weighted by Gasteiger charge is 2.02. The quantitative estimate of drug-likeness (QED) is 0.686. The molecule has 1 aromatic carbocycles. The van der Waals surface area contributed by atoms with Gasteiger partial charge in [-0.15, -0.1) is 0 Å². The lowest BCUT2D eigenvalue weighted by Gasteiger charge is -2.13. The Morgan fingerprint density at radius 2 is 2.00 bits per heavy atom. The fraction of sp³-hybridized carbons (Fsp3) is 0.538. The van der Waals surface area contributed by atoms with Crippen molar-refractivity contribution >= 4 is 0 Å². The first-order chi connectivity index (χ1) is 7.83. The van der Waals surface area contributed by atoms with Gasteiger partial charge in [0.2, 0.25) is 0 Å². The number of benzene rings is 1. The molecular weight excluding hydrogens is 204 g/mol. The van der Waals surface area contributed by atoms with E-state index < -0.39 is 0 Å². The lowest BCUT2D eigenvalue weighted by atomic mass is 10.2. The first-order valence-electron chi connectivity index (χ1n) is 5.67. The average molecular weight is 224 g/mol. The number of rotatable bonds is 8. The Hall–Kier alpha value is -0.900. The molecule has 0 bridgehead atoms. The Morgan fingerprint density at radius 3 is 2.69 bits per heavy atom. The maximum absolute atomic E-state index is 8.57. The maximum Gasteiger partial charge on any atom is 0.0785 e. The minimum absolute atomic E-state index is 0.0823. The Bertz CT molecular complexity index is 261. The molecule has 0 aliphatic heterocycles. The first-order valence-corrected chi connectivity index (χ1v) is 5.67. The molecule has 0 radical (unpaired) electrons. The predicted molar refractivity (Wildman–Crippen MR) is 63.2 cm³/mol. The van der Waals surface area contributed by atoms with Crippen LogP contribution in [0.25, 0.3) is 0 Å². The van der Waals surface area contributed by atoms with Crippen molar-refractivity contribution in [3.8, 4) is 0 Å². The van der Waals surface area contributed by atoms with Crippen molar-refractivity contribution in [2.24, 2.45) is 0 Å². The molecule has 1 rings (SSSR count). The fourth-order valence-electron chi connectivity index (χ4n) is 1.28. The van der Waals surface area contributed by atoms with Crippen molar-refractivity contribution in [2.45, 2.75) is 26.1 Å².